The second kappa shape index (κ2) is 7.09. The highest BCUT2D eigenvalue weighted by Gasteiger charge is 2.34. The lowest BCUT2D eigenvalue weighted by molar-refractivity contribution is -0.147. The van der Waals surface area contributed by atoms with Gasteiger partial charge in [0.2, 0.25) is 5.91 Å². The zero-order valence-electron chi connectivity index (χ0n) is 11.6. The SMILES string of the molecule is O=C(NNC(=O)C1CC=CCC1C(=O)O)c1ccc(Cl)cc1. The van der Waals surface area contributed by atoms with E-state index < -0.39 is 29.6 Å². The first-order valence-electron chi connectivity index (χ1n) is 6.72. The zero-order chi connectivity index (χ0) is 16.1. The Hall–Kier alpha value is -2.34. The topological polar surface area (TPSA) is 95.5 Å². The molecule has 0 saturated heterocycles. The second-order valence-electron chi connectivity index (χ2n) is 4.94. The summed E-state index contributed by atoms with van der Waals surface area (Å²) < 4.78 is 0. The second-order valence-corrected chi connectivity index (χ2v) is 5.38. The summed E-state index contributed by atoms with van der Waals surface area (Å²) in [6.07, 6.45) is 4.15. The fraction of sp³-hybridized carbons (Fsp3) is 0.267. The van der Waals surface area contributed by atoms with Gasteiger partial charge in [0.25, 0.3) is 5.91 Å². The number of hydrogen-bond donors (Lipinski definition) is 3. The largest absolute Gasteiger partial charge is 0.481 e. The number of nitrogens with one attached hydrogen (secondary N) is 2. The third-order valence-corrected chi connectivity index (χ3v) is 3.74. The molecule has 3 N–H and O–H groups in total. The average molecular weight is 323 g/mol. The van der Waals surface area contributed by atoms with Gasteiger partial charge in [-0.3, -0.25) is 25.2 Å². The van der Waals surface area contributed by atoms with Gasteiger partial charge >= 0.3 is 5.97 Å². The minimum Gasteiger partial charge on any atom is -0.481 e. The van der Waals surface area contributed by atoms with Crippen molar-refractivity contribution in [2.75, 3.05) is 0 Å². The monoisotopic (exact) mass is 322 g/mol. The molecular formula is C15H15ClN2O4. The third kappa shape index (κ3) is 3.85. The first kappa shape index (κ1) is 16.0. The number of carboxylic acid groups (broad SMARTS) is 1. The number of aliphatic carboxylic acids is 1. The number of halogens is 1. The molecule has 22 heavy (non-hydrogen) atoms. The molecule has 0 bridgehead atoms. The maximum atomic E-state index is 12.1. The van der Waals surface area contributed by atoms with Gasteiger partial charge in [-0.05, 0) is 37.1 Å². The summed E-state index contributed by atoms with van der Waals surface area (Å²) in [6, 6.07) is 6.16. The molecule has 2 rings (SSSR count). The quantitative estimate of drug-likeness (QED) is 0.584. The predicted octanol–water partition coefficient (Wildman–Crippen LogP) is 1.77. The molecule has 0 fully saturated rings. The smallest absolute Gasteiger partial charge is 0.307 e. The first-order valence-corrected chi connectivity index (χ1v) is 7.10. The highest BCUT2D eigenvalue weighted by Crippen LogP contribution is 2.25. The van der Waals surface area contributed by atoms with Gasteiger partial charge in [-0.25, -0.2) is 0 Å². The van der Waals surface area contributed by atoms with Gasteiger partial charge in [0.1, 0.15) is 0 Å². The maximum Gasteiger partial charge on any atom is 0.307 e. The molecule has 0 saturated carbocycles. The molecule has 7 heteroatoms. The van der Waals surface area contributed by atoms with E-state index in [9.17, 15) is 14.4 Å². The Morgan fingerprint density at radius 2 is 1.59 bits per heavy atom. The van der Waals surface area contributed by atoms with Crippen LogP contribution in [0.25, 0.3) is 0 Å². The highest BCUT2D eigenvalue weighted by atomic mass is 35.5. The summed E-state index contributed by atoms with van der Waals surface area (Å²) >= 11 is 5.73. The summed E-state index contributed by atoms with van der Waals surface area (Å²) in [7, 11) is 0. The van der Waals surface area contributed by atoms with Gasteiger partial charge < -0.3 is 5.11 Å². The van der Waals surface area contributed by atoms with E-state index in [0.29, 0.717) is 23.4 Å². The van der Waals surface area contributed by atoms with Crippen LogP contribution in [0, 0.1) is 11.8 Å². The van der Waals surface area contributed by atoms with Gasteiger partial charge in [0.15, 0.2) is 0 Å². The van der Waals surface area contributed by atoms with Crippen molar-refractivity contribution in [1.29, 1.82) is 0 Å². The number of hydrazine groups is 1. The molecule has 0 aliphatic heterocycles. The Morgan fingerprint density at radius 1 is 1.00 bits per heavy atom. The van der Waals surface area contributed by atoms with E-state index in [-0.39, 0.29) is 0 Å². The van der Waals surface area contributed by atoms with Gasteiger partial charge in [-0.15, -0.1) is 0 Å². The Morgan fingerprint density at radius 3 is 2.18 bits per heavy atom. The van der Waals surface area contributed by atoms with E-state index in [0.717, 1.165) is 0 Å². The minimum atomic E-state index is -1.02. The van der Waals surface area contributed by atoms with Crippen molar-refractivity contribution in [2.24, 2.45) is 11.8 Å². The molecular weight excluding hydrogens is 308 g/mol. The average Bonchev–Trinajstić information content (AvgIpc) is 2.53. The Labute approximate surface area is 132 Å². The minimum absolute atomic E-state index is 0.304. The van der Waals surface area contributed by atoms with Gasteiger partial charge in [-0.1, -0.05) is 23.8 Å². The number of benzene rings is 1. The van der Waals surface area contributed by atoms with Crippen LogP contribution in [0.5, 0.6) is 0 Å². The van der Waals surface area contributed by atoms with E-state index in [1.54, 1.807) is 24.3 Å². The van der Waals surface area contributed by atoms with Crippen molar-refractivity contribution in [1.82, 2.24) is 10.9 Å². The Bertz CT molecular complexity index is 612. The summed E-state index contributed by atoms with van der Waals surface area (Å²) in [5, 5.41) is 9.62. The van der Waals surface area contributed by atoms with Crippen LogP contribution in [-0.2, 0) is 9.59 Å². The van der Waals surface area contributed by atoms with Crippen molar-refractivity contribution in [3.63, 3.8) is 0 Å². The molecule has 2 atom stereocenters. The lowest BCUT2D eigenvalue weighted by atomic mass is 9.82. The number of carbonyl (C=O) groups is 3. The number of amides is 2. The highest BCUT2D eigenvalue weighted by molar-refractivity contribution is 6.30. The van der Waals surface area contributed by atoms with E-state index in [1.165, 1.54) is 12.1 Å². The lowest BCUT2D eigenvalue weighted by Gasteiger charge is -2.24. The molecule has 0 spiro atoms. The summed E-state index contributed by atoms with van der Waals surface area (Å²) in [4.78, 5) is 35.1. The summed E-state index contributed by atoms with van der Waals surface area (Å²) in [5.41, 5.74) is 4.89. The molecule has 1 aliphatic rings. The zero-order valence-corrected chi connectivity index (χ0v) is 12.3. The molecule has 1 aliphatic carbocycles. The summed E-state index contributed by atoms with van der Waals surface area (Å²) in [5.74, 6) is -3.51. The number of hydrogen-bond acceptors (Lipinski definition) is 3. The molecule has 6 nitrogen and oxygen atoms in total. The molecule has 0 heterocycles. The molecule has 1 aromatic carbocycles. The van der Waals surface area contributed by atoms with Crippen LogP contribution >= 0.6 is 11.6 Å². The van der Waals surface area contributed by atoms with Crippen LogP contribution in [-0.4, -0.2) is 22.9 Å². The number of rotatable bonds is 3. The Balaban J connectivity index is 1.94. The molecule has 1 aromatic rings. The van der Waals surface area contributed by atoms with Crippen LogP contribution in [0.15, 0.2) is 36.4 Å². The first-order chi connectivity index (χ1) is 10.5. The van der Waals surface area contributed by atoms with Crippen LogP contribution in [0.3, 0.4) is 0 Å². The maximum absolute atomic E-state index is 12.1. The van der Waals surface area contributed by atoms with Crippen LogP contribution in [0.1, 0.15) is 23.2 Å². The van der Waals surface area contributed by atoms with Gasteiger partial charge in [0, 0.05) is 10.6 Å². The van der Waals surface area contributed by atoms with Gasteiger partial charge in [0.05, 0.1) is 11.8 Å². The predicted molar refractivity (Wildman–Crippen MR) is 80.1 cm³/mol. The van der Waals surface area contributed by atoms with E-state index in [4.69, 9.17) is 16.7 Å². The van der Waals surface area contributed by atoms with Crippen molar-refractivity contribution in [2.45, 2.75) is 12.8 Å². The van der Waals surface area contributed by atoms with Crippen molar-refractivity contribution in [3.8, 4) is 0 Å². The van der Waals surface area contributed by atoms with Crippen LogP contribution in [0.4, 0.5) is 0 Å². The summed E-state index contributed by atoms with van der Waals surface area (Å²) in [6.45, 7) is 0. The third-order valence-electron chi connectivity index (χ3n) is 3.49. The molecule has 0 aromatic heterocycles. The fourth-order valence-electron chi connectivity index (χ4n) is 2.26. The normalized spacial score (nSPS) is 20.2. The standard InChI is InChI=1S/C15H15ClN2O4/c16-10-7-5-9(6-8-10)13(19)17-18-14(20)11-3-1-2-4-12(11)15(21)22/h1-2,5-8,11-12H,3-4H2,(H,17,19)(H,18,20)(H,21,22). The Kier molecular flexibility index (Phi) is 5.16. The van der Waals surface area contributed by atoms with Gasteiger partial charge in [-0.2, -0.15) is 0 Å². The van der Waals surface area contributed by atoms with E-state index >= 15 is 0 Å². The molecule has 116 valence electrons. The van der Waals surface area contributed by atoms with Crippen molar-refractivity contribution < 1.29 is 19.5 Å². The molecule has 0 radical (unpaired) electrons. The number of allylic oxidation sites excluding steroid dienone is 2. The van der Waals surface area contributed by atoms with Crippen LogP contribution < -0.4 is 10.9 Å². The van der Waals surface area contributed by atoms with E-state index in [1.807, 2.05) is 0 Å². The lowest BCUT2D eigenvalue weighted by Crippen LogP contribution is -2.47. The van der Waals surface area contributed by atoms with E-state index in [2.05, 4.69) is 10.9 Å². The molecule has 2 amide bonds. The number of carbonyl (C=O) groups excluding carboxylic acids is 2. The van der Waals surface area contributed by atoms with Crippen LogP contribution in [0.2, 0.25) is 5.02 Å². The van der Waals surface area contributed by atoms with Crippen molar-refractivity contribution in [3.05, 3.63) is 47.0 Å². The number of carboxylic acids is 1. The molecule has 2 unspecified atom stereocenters. The van der Waals surface area contributed by atoms with Crippen molar-refractivity contribution >= 4 is 29.4 Å². The fourth-order valence-corrected chi connectivity index (χ4v) is 2.39.